The normalized spacial score (nSPS) is 14.3. The molecule has 0 aliphatic carbocycles. The first kappa shape index (κ1) is 14.2. The predicted octanol–water partition coefficient (Wildman–Crippen LogP) is 0.301. The van der Waals surface area contributed by atoms with Crippen molar-refractivity contribution < 1.29 is 9.59 Å². The standard InChI is InChI=1S/C9H19N3O2S/c1-6(15-3)4-5-11-7(2)8(13)12-9(10)14/h6-7,11H,4-5H2,1-3H3,(H3,10,12,13,14). The Bertz CT molecular complexity index is 223. The van der Waals surface area contributed by atoms with E-state index in [9.17, 15) is 9.59 Å². The van der Waals surface area contributed by atoms with E-state index in [2.05, 4.69) is 12.2 Å². The molecule has 2 atom stereocenters. The monoisotopic (exact) mass is 233 g/mol. The Morgan fingerprint density at radius 3 is 2.47 bits per heavy atom. The van der Waals surface area contributed by atoms with E-state index in [-0.39, 0.29) is 5.91 Å². The maximum absolute atomic E-state index is 11.2. The number of primary amides is 1. The molecule has 4 N–H and O–H groups in total. The molecule has 0 aromatic heterocycles. The molecule has 0 aromatic rings. The van der Waals surface area contributed by atoms with E-state index in [1.165, 1.54) is 0 Å². The minimum absolute atomic E-state index is 0.390. The van der Waals surface area contributed by atoms with Crippen molar-refractivity contribution in [3.63, 3.8) is 0 Å². The second-order valence-corrected chi connectivity index (χ2v) is 4.64. The number of nitrogens with two attached hydrogens (primary N) is 1. The molecule has 5 nitrogen and oxygen atoms in total. The van der Waals surface area contributed by atoms with Gasteiger partial charge >= 0.3 is 6.03 Å². The van der Waals surface area contributed by atoms with Crippen molar-refractivity contribution in [1.29, 1.82) is 0 Å². The van der Waals surface area contributed by atoms with Gasteiger partial charge in [-0.25, -0.2) is 4.79 Å². The summed E-state index contributed by atoms with van der Waals surface area (Å²) in [6, 6.07) is -1.21. The summed E-state index contributed by atoms with van der Waals surface area (Å²) in [5.41, 5.74) is 4.83. The summed E-state index contributed by atoms with van der Waals surface area (Å²) in [5, 5.41) is 5.61. The van der Waals surface area contributed by atoms with Crippen LogP contribution in [0.2, 0.25) is 0 Å². The second-order valence-electron chi connectivity index (χ2n) is 3.36. The van der Waals surface area contributed by atoms with Crippen LogP contribution in [-0.2, 0) is 4.79 Å². The van der Waals surface area contributed by atoms with Crippen LogP contribution >= 0.6 is 11.8 Å². The number of rotatable bonds is 6. The third kappa shape index (κ3) is 7.21. The summed E-state index contributed by atoms with van der Waals surface area (Å²) < 4.78 is 0. The third-order valence-electron chi connectivity index (χ3n) is 2.04. The molecule has 0 spiro atoms. The number of carbonyl (C=O) groups excluding carboxylic acids is 2. The smallest absolute Gasteiger partial charge is 0.318 e. The molecule has 0 heterocycles. The second kappa shape index (κ2) is 7.53. The topological polar surface area (TPSA) is 84.2 Å². The van der Waals surface area contributed by atoms with Gasteiger partial charge in [-0.1, -0.05) is 6.92 Å². The van der Waals surface area contributed by atoms with Crippen LogP contribution in [-0.4, -0.2) is 36.0 Å². The number of hydrogen-bond donors (Lipinski definition) is 3. The van der Waals surface area contributed by atoms with Gasteiger partial charge in [0.15, 0.2) is 0 Å². The number of urea groups is 1. The van der Waals surface area contributed by atoms with Crippen molar-refractivity contribution in [2.75, 3.05) is 12.8 Å². The van der Waals surface area contributed by atoms with Gasteiger partial charge < -0.3 is 11.1 Å². The lowest BCUT2D eigenvalue weighted by Crippen LogP contribution is -2.46. The molecule has 0 bridgehead atoms. The fourth-order valence-corrected chi connectivity index (χ4v) is 1.30. The average molecular weight is 233 g/mol. The summed E-state index contributed by atoms with van der Waals surface area (Å²) in [6.07, 6.45) is 3.03. The highest BCUT2D eigenvalue weighted by molar-refractivity contribution is 7.99. The number of carbonyl (C=O) groups is 2. The quantitative estimate of drug-likeness (QED) is 0.616. The molecule has 0 saturated heterocycles. The van der Waals surface area contributed by atoms with Gasteiger partial charge in [0.05, 0.1) is 6.04 Å². The average Bonchev–Trinajstić information content (AvgIpc) is 2.16. The molecule has 88 valence electrons. The lowest BCUT2D eigenvalue weighted by molar-refractivity contribution is -0.121. The van der Waals surface area contributed by atoms with Crippen LogP contribution in [0.25, 0.3) is 0 Å². The van der Waals surface area contributed by atoms with E-state index < -0.39 is 12.1 Å². The number of nitrogens with one attached hydrogen (secondary N) is 2. The van der Waals surface area contributed by atoms with E-state index in [1.807, 2.05) is 11.6 Å². The van der Waals surface area contributed by atoms with Crippen molar-refractivity contribution in [3.05, 3.63) is 0 Å². The first-order chi connectivity index (χ1) is 6.97. The van der Waals surface area contributed by atoms with E-state index in [1.54, 1.807) is 18.7 Å². The lowest BCUT2D eigenvalue weighted by Gasteiger charge is -2.14. The molecule has 0 aliphatic rings. The van der Waals surface area contributed by atoms with Gasteiger partial charge in [0.2, 0.25) is 5.91 Å². The number of imide groups is 1. The number of hydrogen-bond acceptors (Lipinski definition) is 4. The fraction of sp³-hybridized carbons (Fsp3) is 0.778. The van der Waals surface area contributed by atoms with Crippen molar-refractivity contribution in [3.8, 4) is 0 Å². The molecule has 0 aromatic carbocycles. The van der Waals surface area contributed by atoms with Gasteiger partial charge in [-0.05, 0) is 26.1 Å². The molecular weight excluding hydrogens is 214 g/mol. The molecule has 2 unspecified atom stereocenters. The Balaban J connectivity index is 3.68. The zero-order valence-corrected chi connectivity index (χ0v) is 10.2. The highest BCUT2D eigenvalue weighted by Gasteiger charge is 2.13. The van der Waals surface area contributed by atoms with Gasteiger partial charge in [0.25, 0.3) is 0 Å². The van der Waals surface area contributed by atoms with Crippen LogP contribution in [0.15, 0.2) is 0 Å². The Kier molecular flexibility index (Phi) is 7.15. The molecule has 6 heteroatoms. The van der Waals surface area contributed by atoms with Crippen LogP contribution in [0.4, 0.5) is 4.79 Å². The van der Waals surface area contributed by atoms with E-state index in [0.29, 0.717) is 5.25 Å². The number of amides is 3. The Hall–Kier alpha value is -0.750. The van der Waals surface area contributed by atoms with Crippen molar-refractivity contribution in [2.24, 2.45) is 5.73 Å². The molecule has 0 fully saturated rings. The minimum Gasteiger partial charge on any atom is -0.351 e. The highest BCUT2D eigenvalue weighted by atomic mass is 32.2. The zero-order valence-electron chi connectivity index (χ0n) is 9.37. The molecular formula is C9H19N3O2S. The zero-order chi connectivity index (χ0) is 11.8. The summed E-state index contributed by atoms with van der Waals surface area (Å²) in [5.74, 6) is -0.390. The van der Waals surface area contributed by atoms with E-state index >= 15 is 0 Å². The van der Waals surface area contributed by atoms with Crippen molar-refractivity contribution >= 4 is 23.7 Å². The fourth-order valence-electron chi connectivity index (χ4n) is 0.943. The van der Waals surface area contributed by atoms with Crippen LogP contribution in [0, 0.1) is 0 Å². The van der Waals surface area contributed by atoms with E-state index in [0.717, 1.165) is 13.0 Å². The minimum atomic E-state index is -0.814. The largest absolute Gasteiger partial charge is 0.351 e. The summed E-state index contributed by atoms with van der Waals surface area (Å²) >= 11 is 1.78. The summed E-state index contributed by atoms with van der Waals surface area (Å²) in [7, 11) is 0. The van der Waals surface area contributed by atoms with Crippen LogP contribution in [0.5, 0.6) is 0 Å². The molecule has 0 aliphatic heterocycles. The Morgan fingerprint density at radius 1 is 1.40 bits per heavy atom. The van der Waals surface area contributed by atoms with Gasteiger partial charge in [0.1, 0.15) is 0 Å². The molecule has 0 rings (SSSR count). The van der Waals surface area contributed by atoms with Crippen LogP contribution < -0.4 is 16.4 Å². The van der Waals surface area contributed by atoms with Gasteiger partial charge in [-0.3, -0.25) is 10.1 Å². The number of thioether (sulfide) groups is 1. The molecule has 3 amide bonds. The summed E-state index contributed by atoms with van der Waals surface area (Å²) in [4.78, 5) is 21.6. The van der Waals surface area contributed by atoms with Crippen LogP contribution in [0.1, 0.15) is 20.3 Å². The lowest BCUT2D eigenvalue weighted by atomic mass is 10.2. The van der Waals surface area contributed by atoms with Crippen LogP contribution in [0.3, 0.4) is 0 Å². The Labute approximate surface area is 94.5 Å². The maximum Gasteiger partial charge on any atom is 0.318 e. The summed E-state index contributed by atoms with van der Waals surface area (Å²) in [6.45, 7) is 4.57. The van der Waals surface area contributed by atoms with Crippen molar-refractivity contribution in [2.45, 2.75) is 31.6 Å². The highest BCUT2D eigenvalue weighted by Crippen LogP contribution is 2.07. The molecule has 0 radical (unpaired) electrons. The SMILES string of the molecule is CSC(C)CCNC(C)C(=O)NC(N)=O. The maximum atomic E-state index is 11.2. The predicted molar refractivity (Wildman–Crippen MR) is 62.8 cm³/mol. The molecule has 0 saturated carbocycles. The van der Waals surface area contributed by atoms with Gasteiger partial charge in [-0.2, -0.15) is 11.8 Å². The Morgan fingerprint density at radius 2 is 2.00 bits per heavy atom. The van der Waals surface area contributed by atoms with E-state index in [4.69, 9.17) is 5.73 Å². The third-order valence-corrected chi connectivity index (χ3v) is 3.08. The first-order valence-corrected chi connectivity index (χ1v) is 6.12. The molecule has 15 heavy (non-hydrogen) atoms. The van der Waals surface area contributed by atoms with Gasteiger partial charge in [0, 0.05) is 5.25 Å². The first-order valence-electron chi connectivity index (χ1n) is 4.83. The van der Waals surface area contributed by atoms with Crippen molar-refractivity contribution in [1.82, 2.24) is 10.6 Å². The van der Waals surface area contributed by atoms with Gasteiger partial charge in [-0.15, -0.1) is 0 Å².